The monoisotopic (exact) mass is 404 g/mol. The van der Waals surface area contributed by atoms with Crippen LogP contribution >= 0.6 is 0 Å². The van der Waals surface area contributed by atoms with Crippen LogP contribution in [0.15, 0.2) is 36.4 Å². The Labute approximate surface area is 151 Å². The second-order valence-corrected chi connectivity index (χ2v) is 7.41. The van der Waals surface area contributed by atoms with Crippen molar-refractivity contribution in [2.75, 3.05) is 10.8 Å². The Morgan fingerprint density at radius 3 is 2.44 bits per heavy atom. The molecule has 1 aliphatic heterocycles. The van der Waals surface area contributed by atoms with Crippen LogP contribution in [0.5, 0.6) is 5.75 Å². The Kier molecular flexibility index (Phi) is 4.50. The topological polar surface area (TPSA) is 86.7 Å². The number of hydrogen-bond donors (Lipinski definition) is 2. The number of rotatable bonds is 3. The molecule has 0 unspecified atom stereocenters. The molecule has 0 saturated carbocycles. The summed E-state index contributed by atoms with van der Waals surface area (Å²) in [5.41, 5.74) is -1.55. The highest BCUT2D eigenvalue weighted by Crippen LogP contribution is 2.34. The maximum absolute atomic E-state index is 14.1. The van der Waals surface area contributed by atoms with E-state index in [0.717, 1.165) is 12.1 Å². The molecule has 0 radical (unpaired) electrons. The number of anilines is 1. The van der Waals surface area contributed by atoms with Gasteiger partial charge in [0, 0.05) is 6.42 Å². The Bertz CT molecular complexity index is 1020. The first-order valence-electron chi connectivity index (χ1n) is 7.49. The van der Waals surface area contributed by atoms with Gasteiger partial charge in [0.25, 0.3) is 5.91 Å². The summed E-state index contributed by atoms with van der Waals surface area (Å²) in [4.78, 5) is 11.3. The highest BCUT2D eigenvalue weighted by molar-refractivity contribution is 7.92. The molecular formula is C16H12F4N2O4S. The number of phenols is 1. The van der Waals surface area contributed by atoms with Crippen molar-refractivity contribution in [2.45, 2.75) is 12.6 Å². The van der Waals surface area contributed by atoms with E-state index in [2.05, 4.69) is 0 Å². The molecule has 0 bridgehead atoms. The first-order valence-corrected chi connectivity index (χ1v) is 8.93. The van der Waals surface area contributed by atoms with Gasteiger partial charge in [0.05, 0.1) is 11.3 Å². The van der Waals surface area contributed by atoms with Crippen LogP contribution in [0.2, 0.25) is 0 Å². The summed E-state index contributed by atoms with van der Waals surface area (Å²) in [7, 11) is -4.12. The molecule has 2 N–H and O–H groups in total. The summed E-state index contributed by atoms with van der Waals surface area (Å²) in [6, 6.07) is 6.50. The lowest BCUT2D eigenvalue weighted by Gasteiger charge is -2.17. The van der Waals surface area contributed by atoms with Gasteiger partial charge in [-0.2, -0.15) is 21.6 Å². The van der Waals surface area contributed by atoms with E-state index in [0.29, 0.717) is 10.4 Å². The third kappa shape index (κ3) is 3.68. The molecule has 6 nitrogen and oxygen atoms in total. The maximum atomic E-state index is 14.1. The lowest BCUT2D eigenvalue weighted by molar-refractivity contribution is -0.140. The molecular weight excluding hydrogens is 392 g/mol. The summed E-state index contributed by atoms with van der Waals surface area (Å²) >= 11 is 0. The lowest BCUT2D eigenvalue weighted by atomic mass is 10.0. The molecule has 0 spiro atoms. The number of nitrogens with one attached hydrogen (secondary N) is 1. The largest absolute Gasteiger partial charge is 0.506 e. The number of alkyl halides is 3. The molecule has 11 heteroatoms. The highest BCUT2D eigenvalue weighted by Gasteiger charge is 2.36. The van der Waals surface area contributed by atoms with Gasteiger partial charge in [-0.3, -0.25) is 4.79 Å². The fourth-order valence-corrected chi connectivity index (χ4v) is 3.87. The summed E-state index contributed by atoms with van der Waals surface area (Å²) < 4.78 is 78.5. The zero-order valence-corrected chi connectivity index (χ0v) is 14.2. The SMILES string of the molecule is O=C1CN(c2ccc(Cc3cccc(C(F)(F)F)c3F)cc2O)S(=O)(=O)N1. The molecule has 0 aromatic heterocycles. The number of carbonyl (C=O) groups is 1. The Hall–Kier alpha value is -2.82. The van der Waals surface area contributed by atoms with Crippen LogP contribution in [-0.2, 0) is 27.6 Å². The van der Waals surface area contributed by atoms with Gasteiger partial charge >= 0.3 is 16.4 Å². The molecule has 1 fully saturated rings. The third-order valence-electron chi connectivity index (χ3n) is 3.91. The van der Waals surface area contributed by atoms with Crippen molar-refractivity contribution in [1.82, 2.24) is 4.72 Å². The Balaban J connectivity index is 1.91. The van der Waals surface area contributed by atoms with Crippen molar-refractivity contribution in [2.24, 2.45) is 0 Å². The number of amides is 1. The van der Waals surface area contributed by atoms with Gasteiger partial charge in [-0.05, 0) is 29.3 Å². The molecule has 2 aromatic carbocycles. The van der Waals surface area contributed by atoms with Gasteiger partial charge in [-0.1, -0.05) is 18.2 Å². The van der Waals surface area contributed by atoms with Crippen LogP contribution in [0.4, 0.5) is 23.2 Å². The number of hydrogen-bond acceptors (Lipinski definition) is 4. The van der Waals surface area contributed by atoms with E-state index in [4.69, 9.17) is 0 Å². The number of nitrogens with zero attached hydrogens (tertiary/aromatic N) is 1. The van der Waals surface area contributed by atoms with E-state index in [1.807, 2.05) is 0 Å². The zero-order chi connectivity index (χ0) is 20.0. The minimum absolute atomic E-state index is 0.179. The quantitative estimate of drug-likeness (QED) is 0.769. The number of phenolic OH excluding ortho intramolecular Hbond substituents is 1. The molecule has 3 rings (SSSR count). The first-order chi connectivity index (χ1) is 12.5. The highest BCUT2D eigenvalue weighted by atomic mass is 32.2. The van der Waals surface area contributed by atoms with Crippen molar-refractivity contribution in [1.29, 1.82) is 0 Å². The summed E-state index contributed by atoms with van der Waals surface area (Å²) in [6.07, 6.45) is -5.09. The molecule has 1 heterocycles. The summed E-state index contributed by atoms with van der Waals surface area (Å²) in [6.45, 7) is -0.516. The normalized spacial score (nSPS) is 16.4. The number of halogens is 4. The molecule has 2 aromatic rings. The first kappa shape index (κ1) is 19.0. The Morgan fingerprint density at radius 1 is 1.19 bits per heavy atom. The van der Waals surface area contributed by atoms with E-state index in [-0.39, 0.29) is 23.2 Å². The van der Waals surface area contributed by atoms with Gasteiger partial charge in [0.1, 0.15) is 18.1 Å². The van der Waals surface area contributed by atoms with Crippen LogP contribution in [0.25, 0.3) is 0 Å². The zero-order valence-electron chi connectivity index (χ0n) is 13.4. The van der Waals surface area contributed by atoms with E-state index in [1.54, 1.807) is 4.72 Å². The van der Waals surface area contributed by atoms with Crippen molar-refractivity contribution < 1.29 is 35.9 Å². The van der Waals surface area contributed by atoms with Gasteiger partial charge in [0.15, 0.2) is 0 Å². The summed E-state index contributed by atoms with van der Waals surface area (Å²) in [5.74, 6) is -2.70. The van der Waals surface area contributed by atoms with Crippen LogP contribution in [-0.4, -0.2) is 26.0 Å². The minimum atomic E-state index is -4.84. The minimum Gasteiger partial charge on any atom is -0.506 e. The number of aromatic hydroxyl groups is 1. The fourth-order valence-electron chi connectivity index (χ4n) is 2.71. The molecule has 0 atom stereocenters. The van der Waals surface area contributed by atoms with Crippen LogP contribution in [0.1, 0.15) is 16.7 Å². The van der Waals surface area contributed by atoms with Crippen LogP contribution < -0.4 is 9.03 Å². The van der Waals surface area contributed by atoms with Gasteiger partial charge < -0.3 is 5.11 Å². The molecule has 1 aliphatic rings. The molecule has 144 valence electrons. The van der Waals surface area contributed by atoms with Crippen LogP contribution in [0.3, 0.4) is 0 Å². The maximum Gasteiger partial charge on any atom is 0.419 e. The smallest absolute Gasteiger partial charge is 0.419 e. The second kappa shape index (κ2) is 6.41. The number of carbonyl (C=O) groups excluding carboxylic acids is 1. The van der Waals surface area contributed by atoms with Gasteiger partial charge in [-0.15, -0.1) is 0 Å². The molecule has 0 aliphatic carbocycles. The summed E-state index contributed by atoms with van der Waals surface area (Å²) in [5, 5.41) is 10.1. The van der Waals surface area contributed by atoms with Gasteiger partial charge in [0.2, 0.25) is 0 Å². The van der Waals surface area contributed by atoms with E-state index in [9.17, 15) is 35.9 Å². The molecule has 1 amide bonds. The predicted octanol–water partition coefficient (Wildman–Crippen LogP) is 2.32. The average molecular weight is 404 g/mol. The average Bonchev–Trinajstić information content (AvgIpc) is 2.81. The van der Waals surface area contributed by atoms with E-state index >= 15 is 0 Å². The fraction of sp³-hybridized carbons (Fsp3) is 0.188. The number of benzene rings is 2. The van der Waals surface area contributed by atoms with Crippen molar-refractivity contribution in [3.8, 4) is 5.75 Å². The van der Waals surface area contributed by atoms with Crippen molar-refractivity contribution in [3.05, 3.63) is 58.9 Å². The Morgan fingerprint density at radius 2 is 1.89 bits per heavy atom. The van der Waals surface area contributed by atoms with Crippen molar-refractivity contribution in [3.63, 3.8) is 0 Å². The van der Waals surface area contributed by atoms with Gasteiger partial charge in [-0.25, -0.2) is 13.4 Å². The van der Waals surface area contributed by atoms with Crippen molar-refractivity contribution >= 4 is 21.8 Å². The standard InChI is InChI=1S/C16H12F4N2O4S/c17-15-10(2-1-3-11(15)16(18,19)20)6-9-4-5-12(13(23)7-9)22-8-14(24)21-27(22,25)26/h1-5,7,23H,6,8H2,(H,21,24). The lowest BCUT2D eigenvalue weighted by Crippen LogP contribution is -2.29. The second-order valence-electron chi connectivity index (χ2n) is 5.81. The predicted molar refractivity (Wildman–Crippen MR) is 86.7 cm³/mol. The molecule has 1 saturated heterocycles. The van der Waals surface area contributed by atoms with E-state index in [1.165, 1.54) is 18.2 Å². The molecule has 27 heavy (non-hydrogen) atoms. The van der Waals surface area contributed by atoms with E-state index < -0.39 is 46.0 Å². The third-order valence-corrected chi connectivity index (χ3v) is 5.30. The van der Waals surface area contributed by atoms with Crippen LogP contribution in [0, 0.1) is 5.82 Å².